The monoisotopic (exact) mass is 313 g/mol. The zero-order valence-electron chi connectivity index (χ0n) is 12.9. The van der Waals surface area contributed by atoms with Crippen molar-refractivity contribution in [1.82, 2.24) is 20.0 Å². The minimum Gasteiger partial charge on any atom is -0.418 e. The van der Waals surface area contributed by atoms with Gasteiger partial charge in [-0.3, -0.25) is 14.8 Å². The van der Waals surface area contributed by atoms with Crippen LogP contribution < -0.4 is 0 Å². The van der Waals surface area contributed by atoms with Crippen LogP contribution in [0.15, 0.2) is 34.7 Å². The summed E-state index contributed by atoms with van der Waals surface area (Å²) < 4.78 is 7.24. The van der Waals surface area contributed by atoms with E-state index in [1.807, 2.05) is 37.3 Å². The smallest absolute Gasteiger partial charge is 0.312 e. The first-order valence-corrected chi connectivity index (χ1v) is 7.08. The lowest BCUT2D eigenvalue weighted by molar-refractivity contribution is -0.386. The van der Waals surface area contributed by atoms with Crippen molar-refractivity contribution in [1.29, 1.82) is 0 Å². The van der Waals surface area contributed by atoms with Gasteiger partial charge in [-0.1, -0.05) is 18.2 Å². The summed E-state index contributed by atoms with van der Waals surface area (Å²) in [5, 5.41) is 23.4. The quantitative estimate of drug-likeness (QED) is 0.542. The Morgan fingerprint density at radius 2 is 1.91 bits per heavy atom. The maximum absolute atomic E-state index is 11.1. The number of hydrogen-bond acceptors (Lipinski definition) is 6. The average molecular weight is 313 g/mol. The fourth-order valence-electron chi connectivity index (χ4n) is 2.50. The molecule has 0 aliphatic rings. The Labute approximate surface area is 131 Å². The lowest BCUT2D eigenvalue weighted by Crippen LogP contribution is -2.11. The van der Waals surface area contributed by atoms with Gasteiger partial charge in [0.2, 0.25) is 11.8 Å². The molecule has 3 rings (SSSR count). The maximum atomic E-state index is 11.1. The summed E-state index contributed by atoms with van der Waals surface area (Å²) in [6.45, 7) is 5.08. The molecule has 0 saturated heterocycles. The highest BCUT2D eigenvalue weighted by Crippen LogP contribution is 2.28. The summed E-state index contributed by atoms with van der Waals surface area (Å²) in [5.41, 5.74) is 1.65. The van der Waals surface area contributed by atoms with E-state index >= 15 is 0 Å². The Kier molecular flexibility index (Phi) is 3.65. The first-order chi connectivity index (χ1) is 11.0. The van der Waals surface area contributed by atoms with E-state index in [2.05, 4.69) is 15.3 Å². The maximum Gasteiger partial charge on any atom is 0.312 e. The average Bonchev–Trinajstić information content (AvgIpc) is 3.12. The minimum atomic E-state index is -0.426. The molecule has 8 nitrogen and oxygen atoms in total. The van der Waals surface area contributed by atoms with Gasteiger partial charge in [0.15, 0.2) is 0 Å². The van der Waals surface area contributed by atoms with Crippen LogP contribution in [0.1, 0.15) is 30.2 Å². The van der Waals surface area contributed by atoms with Gasteiger partial charge in [0.1, 0.15) is 17.4 Å². The van der Waals surface area contributed by atoms with Crippen LogP contribution in [0, 0.1) is 24.0 Å². The molecule has 0 bridgehead atoms. The van der Waals surface area contributed by atoms with Gasteiger partial charge >= 0.3 is 5.69 Å². The Balaban J connectivity index is 1.96. The van der Waals surface area contributed by atoms with Gasteiger partial charge in [-0.15, -0.1) is 10.2 Å². The molecule has 1 atom stereocenters. The van der Waals surface area contributed by atoms with E-state index in [0.717, 1.165) is 5.56 Å². The summed E-state index contributed by atoms with van der Waals surface area (Å²) in [7, 11) is 0. The molecule has 0 radical (unpaired) electrons. The molecule has 8 heteroatoms. The molecule has 118 valence electrons. The van der Waals surface area contributed by atoms with E-state index in [1.165, 1.54) is 4.68 Å². The number of hydrogen-bond donors (Lipinski definition) is 0. The number of rotatable bonds is 4. The third kappa shape index (κ3) is 2.59. The van der Waals surface area contributed by atoms with Gasteiger partial charge in [-0.2, -0.15) is 5.10 Å². The third-order valence-electron chi connectivity index (χ3n) is 3.65. The van der Waals surface area contributed by atoms with Crippen molar-refractivity contribution in [2.24, 2.45) is 0 Å². The normalized spacial score (nSPS) is 12.3. The Morgan fingerprint density at radius 3 is 2.52 bits per heavy atom. The van der Waals surface area contributed by atoms with E-state index in [1.54, 1.807) is 13.8 Å². The van der Waals surface area contributed by atoms with Gasteiger partial charge in [-0.05, 0) is 32.9 Å². The molecule has 3 aromatic rings. The largest absolute Gasteiger partial charge is 0.418 e. The van der Waals surface area contributed by atoms with E-state index in [-0.39, 0.29) is 5.69 Å². The topological polar surface area (TPSA) is 99.9 Å². The number of benzene rings is 1. The number of aryl methyl sites for hydroxylation is 1. The predicted molar refractivity (Wildman–Crippen MR) is 81.9 cm³/mol. The van der Waals surface area contributed by atoms with E-state index in [0.29, 0.717) is 23.2 Å². The fourth-order valence-corrected chi connectivity index (χ4v) is 2.50. The van der Waals surface area contributed by atoms with Crippen molar-refractivity contribution in [2.75, 3.05) is 0 Å². The zero-order valence-corrected chi connectivity index (χ0v) is 12.9. The standard InChI is InChI=1S/C15H15N5O3/c1-9-13(20(21)22)10(2)19(18-9)11(3)14-16-17-15(23-14)12-7-5-4-6-8-12/h4-8,11H,1-3H3. The van der Waals surface area contributed by atoms with E-state index < -0.39 is 11.0 Å². The number of aromatic nitrogens is 4. The second-order valence-corrected chi connectivity index (χ2v) is 5.21. The van der Waals surface area contributed by atoms with Crippen LogP contribution >= 0.6 is 0 Å². The van der Waals surface area contributed by atoms with Crippen LogP contribution in [0.2, 0.25) is 0 Å². The second kappa shape index (κ2) is 5.64. The predicted octanol–water partition coefficient (Wildman–Crippen LogP) is 3.07. The Hall–Kier alpha value is -3.03. The van der Waals surface area contributed by atoms with Gasteiger partial charge in [-0.25, -0.2) is 0 Å². The van der Waals surface area contributed by atoms with Crippen molar-refractivity contribution in [3.8, 4) is 11.5 Å². The van der Waals surface area contributed by atoms with Crippen LogP contribution in [0.5, 0.6) is 0 Å². The van der Waals surface area contributed by atoms with Gasteiger partial charge in [0.05, 0.1) is 4.92 Å². The van der Waals surface area contributed by atoms with Crippen molar-refractivity contribution in [3.05, 3.63) is 57.7 Å². The van der Waals surface area contributed by atoms with Gasteiger partial charge in [0.25, 0.3) is 0 Å². The second-order valence-electron chi connectivity index (χ2n) is 5.21. The van der Waals surface area contributed by atoms with Crippen LogP contribution in [0.4, 0.5) is 5.69 Å². The van der Waals surface area contributed by atoms with E-state index in [9.17, 15) is 10.1 Å². The summed E-state index contributed by atoms with van der Waals surface area (Å²) in [4.78, 5) is 10.7. The summed E-state index contributed by atoms with van der Waals surface area (Å²) in [5.74, 6) is 0.757. The highest BCUT2D eigenvalue weighted by atomic mass is 16.6. The van der Waals surface area contributed by atoms with Crippen molar-refractivity contribution >= 4 is 5.69 Å². The molecule has 0 N–H and O–H groups in total. The molecule has 0 saturated carbocycles. The molecule has 23 heavy (non-hydrogen) atoms. The highest BCUT2D eigenvalue weighted by molar-refractivity contribution is 5.51. The third-order valence-corrected chi connectivity index (χ3v) is 3.65. The molecular formula is C15H15N5O3. The fraction of sp³-hybridized carbons (Fsp3) is 0.267. The Bertz CT molecular complexity index is 853. The first kappa shape index (κ1) is 14.9. The van der Waals surface area contributed by atoms with Crippen LogP contribution in [0.25, 0.3) is 11.5 Å². The Morgan fingerprint density at radius 1 is 1.22 bits per heavy atom. The molecule has 0 amide bonds. The van der Waals surface area contributed by atoms with Crippen LogP contribution in [-0.4, -0.2) is 24.9 Å². The first-order valence-electron chi connectivity index (χ1n) is 7.08. The SMILES string of the molecule is Cc1nn(C(C)c2nnc(-c3ccccc3)o2)c(C)c1[N+](=O)[O-]. The van der Waals surface area contributed by atoms with Crippen molar-refractivity contribution in [3.63, 3.8) is 0 Å². The van der Waals surface area contributed by atoms with Crippen molar-refractivity contribution in [2.45, 2.75) is 26.8 Å². The molecular weight excluding hydrogens is 298 g/mol. The van der Waals surface area contributed by atoms with Gasteiger partial charge in [0, 0.05) is 5.56 Å². The lowest BCUT2D eigenvalue weighted by atomic mass is 10.2. The lowest BCUT2D eigenvalue weighted by Gasteiger charge is -2.08. The molecule has 0 fully saturated rings. The number of nitro groups is 1. The molecule has 0 spiro atoms. The number of nitrogens with zero attached hydrogens (tertiary/aromatic N) is 5. The van der Waals surface area contributed by atoms with E-state index in [4.69, 9.17) is 4.42 Å². The molecule has 1 unspecified atom stereocenters. The minimum absolute atomic E-state index is 0.0136. The molecule has 0 aliphatic carbocycles. The van der Waals surface area contributed by atoms with Gasteiger partial charge < -0.3 is 4.42 Å². The van der Waals surface area contributed by atoms with Crippen LogP contribution in [-0.2, 0) is 0 Å². The molecule has 2 heterocycles. The molecule has 2 aromatic heterocycles. The highest BCUT2D eigenvalue weighted by Gasteiger charge is 2.27. The zero-order chi connectivity index (χ0) is 16.6. The van der Waals surface area contributed by atoms with Crippen LogP contribution in [0.3, 0.4) is 0 Å². The summed E-state index contributed by atoms with van der Waals surface area (Å²) in [6.07, 6.45) is 0. The molecule has 1 aromatic carbocycles. The molecule has 0 aliphatic heterocycles. The summed E-state index contributed by atoms with van der Waals surface area (Å²) in [6, 6.07) is 9.01. The van der Waals surface area contributed by atoms with Crippen molar-refractivity contribution < 1.29 is 9.34 Å². The summed E-state index contributed by atoms with van der Waals surface area (Å²) >= 11 is 0.